The van der Waals surface area contributed by atoms with Crippen LogP contribution in [0.2, 0.25) is 0 Å². The minimum Gasteiger partial charge on any atom is -0.508 e. The van der Waals surface area contributed by atoms with Crippen molar-refractivity contribution in [3.8, 4) is 39.9 Å². The summed E-state index contributed by atoms with van der Waals surface area (Å²) in [5.41, 5.74) is 3.82. The predicted molar refractivity (Wildman–Crippen MR) is 161 cm³/mol. The van der Waals surface area contributed by atoms with E-state index in [1.54, 1.807) is 54.5 Å². The fraction of sp³-hybridized carbons (Fsp3) is 0.0857. The van der Waals surface area contributed by atoms with E-state index in [1.165, 1.54) is 24.3 Å². The summed E-state index contributed by atoms with van der Waals surface area (Å²) in [4.78, 5) is 21.0. The maximum atomic E-state index is 14.5. The lowest BCUT2D eigenvalue weighted by molar-refractivity contribution is -0.113. The highest BCUT2D eigenvalue weighted by Gasteiger charge is 2.36. The highest BCUT2D eigenvalue weighted by Crippen LogP contribution is 2.46. The second kappa shape index (κ2) is 9.95. The summed E-state index contributed by atoms with van der Waals surface area (Å²) in [6.07, 6.45) is 0.482. The van der Waals surface area contributed by atoms with Gasteiger partial charge in [0.05, 0.1) is 23.9 Å². The Kier molecular flexibility index (Phi) is 6.06. The summed E-state index contributed by atoms with van der Waals surface area (Å²) < 4.78 is 5.61. The van der Waals surface area contributed by atoms with E-state index in [1.807, 2.05) is 24.3 Å². The number of benzene rings is 5. The van der Waals surface area contributed by atoms with Crippen LogP contribution < -0.4 is 20.2 Å². The summed E-state index contributed by atoms with van der Waals surface area (Å²) in [5.74, 6) is 0.482. The molecule has 0 saturated heterocycles. The molecule has 0 fully saturated rings. The maximum Gasteiger partial charge on any atom is 0.259 e. The normalized spacial score (nSPS) is 13.0. The van der Waals surface area contributed by atoms with Gasteiger partial charge in [0.15, 0.2) is 5.75 Å². The van der Waals surface area contributed by atoms with Gasteiger partial charge < -0.3 is 30.1 Å². The van der Waals surface area contributed by atoms with E-state index in [4.69, 9.17) is 9.73 Å². The van der Waals surface area contributed by atoms with Gasteiger partial charge in [0, 0.05) is 22.2 Å². The number of hydrogen-bond donors (Lipinski definition) is 4. The zero-order valence-electron chi connectivity index (χ0n) is 23.1. The van der Waals surface area contributed by atoms with Crippen LogP contribution in [0.5, 0.6) is 28.7 Å². The van der Waals surface area contributed by atoms with E-state index in [9.17, 15) is 25.2 Å². The van der Waals surface area contributed by atoms with E-state index in [0.29, 0.717) is 61.6 Å². The number of nitrogens with zero attached hydrogens (tertiary/aromatic N) is 2. The Bertz CT molecular complexity index is 2160. The van der Waals surface area contributed by atoms with E-state index >= 15 is 0 Å². The van der Waals surface area contributed by atoms with Crippen LogP contribution in [0, 0.1) is 10.4 Å². The van der Waals surface area contributed by atoms with Crippen molar-refractivity contribution in [2.24, 2.45) is 4.99 Å². The second-order valence-electron chi connectivity index (χ2n) is 10.5. The minimum absolute atomic E-state index is 0.0690. The quantitative estimate of drug-likeness (QED) is 0.234. The second-order valence-corrected chi connectivity index (χ2v) is 10.5. The lowest BCUT2D eigenvalue weighted by Gasteiger charge is -2.23. The topological polar surface area (TPSA) is 123 Å². The number of para-hydroxylation sites is 1. The fourth-order valence-corrected chi connectivity index (χ4v) is 5.97. The van der Waals surface area contributed by atoms with Crippen LogP contribution in [0.15, 0.2) is 96.0 Å². The van der Waals surface area contributed by atoms with Gasteiger partial charge in [-0.25, -0.2) is 4.99 Å². The molecule has 2 aliphatic rings. The number of phenolic OH excluding ortho intramolecular Hbond substituents is 4. The van der Waals surface area contributed by atoms with Gasteiger partial charge in [-0.3, -0.25) is 4.79 Å². The molecule has 5 aromatic carbocycles. The number of anilines is 1. The number of carbonyl (C=O) groups excluding carboxylic acids is 1. The van der Waals surface area contributed by atoms with Crippen molar-refractivity contribution in [1.82, 2.24) is 0 Å². The van der Waals surface area contributed by atoms with Crippen molar-refractivity contribution in [2.45, 2.75) is 6.42 Å². The summed E-state index contributed by atoms with van der Waals surface area (Å²) in [5, 5.41) is 44.3. The number of rotatable bonds is 6. The highest BCUT2D eigenvalue weighted by atomic mass is 16.5. The first kappa shape index (κ1) is 26.2. The zero-order valence-corrected chi connectivity index (χ0v) is 23.1. The van der Waals surface area contributed by atoms with E-state index in [0.717, 1.165) is 10.8 Å². The minimum atomic E-state index is -0.261. The van der Waals surface area contributed by atoms with Crippen molar-refractivity contribution in [2.75, 3.05) is 18.6 Å². The molecular weight excluding hydrogens is 544 g/mol. The fourth-order valence-electron chi connectivity index (χ4n) is 5.97. The molecule has 0 aromatic heterocycles. The molecule has 5 aromatic rings. The van der Waals surface area contributed by atoms with Gasteiger partial charge in [-0.05, 0) is 65.6 Å². The molecule has 0 atom stereocenters. The molecule has 1 amide bonds. The van der Waals surface area contributed by atoms with Crippen molar-refractivity contribution < 1.29 is 30.0 Å². The number of phenols is 4. The summed E-state index contributed by atoms with van der Waals surface area (Å²) >= 11 is 0. The zero-order chi connectivity index (χ0) is 29.8. The van der Waals surface area contributed by atoms with Crippen LogP contribution in [0.4, 0.5) is 11.4 Å². The van der Waals surface area contributed by atoms with E-state index in [2.05, 4.69) is 0 Å². The van der Waals surface area contributed by atoms with Gasteiger partial charge in [-0.15, -0.1) is 0 Å². The molecule has 8 heteroatoms. The Hall–Kier alpha value is -5.76. The first-order valence-electron chi connectivity index (χ1n) is 13.7. The molecule has 7 rings (SSSR count). The molecule has 43 heavy (non-hydrogen) atoms. The highest BCUT2D eigenvalue weighted by molar-refractivity contribution is 6.31. The number of hydrogen-bond acceptors (Lipinski definition) is 7. The molecule has 8 nitrogen and oxygen atoms in total. The molecule has 0 aliphatic carbocycles. The Morgan fingerprint density at radius 2 is 1.35 bits per heavy atom. The lowest BCUT2D eigenvalue weighted by Crippen LogP contribution is -2.31. The maximum absolute atomic E-state index is 14.5. The largest absolute Gasteiger partial charge is 0.508 e. The summed E-state index contributed by atoms with van der Waals surface area (Å²) in [7, 11) is 1.56. The van der Waals surface area contributed by atoms with Crippen molar-refractivity contribution in [1.29, 1.82) is 0 Å². The molecule has 0 radical (unpaired) electrons. The van der Waals surface area contributed by atoms with Gasteiger partial charge in [0.1, 0.15) is 34.0 Å². The first-order chi connectivity index (χ1) is 20.9. The monoisotopic (exact) mass is 570 g/mol. The van der Waals surface area contributed by atoms with Crippen molar-refractivity contribution >= 4 is 22.9 Å². The third-order valence-electron chi connectivity index (χ3n) is 7.98. The molecular formula is C35H26N2O6. The van der Waals surface area contributed by atoms with Crippen LogP contribution in [0.1, 0.15) is 11.1 Å². The third kappa shape index (κ3) is 4.15. The van der Waals surface area contributed by atoms with Gasteiger partial charge >= 0.3 is 0 Å². The van der Waals surface area contributed by atoms with Gasteiger partial charge in [-0.2, -0.15) is 0 Å². The Morgan fingerprint density at radius 3 is 1.98 bits per heavy atom. The van der Waals surface area contributed by atoms with Gasteiger partial charge in [0.25, 0.3) is 5.91 Å². The average molecular weight is 571 g/mol. The first-order valence-corrected chi connectivity index (χ1v) is 13.7. The number of ether oxygens (including phenoxy) is 1. The smallest absolute Gasteiger partial charge is 0.259 e. The number of carbonyl (C=O) groups is 1. The standard InChI is InChI=1S/C35H26N2O6/c1-43-26-4-2-3-25-29-30-27(20-7-13-23(39)14-8-20)35(42)37(18-17-19-5-11-22(38)12-6-19)33(30)28(21-9-15-24(40)16-10-21)34(41)32(29)36-31(25)26/h2-16,38-41H,17-18H2,1H3. The molecule has 0 bridgehead atoms. The van der Waals surface area contributed by atoms with Crippen LogP contribution in [-0.2, 0) is 11.2 Å². The molecule has 212 valence electrons. The Labute approximate surface area is 245 Å². The molecule has 0 unspecified atom stereocenters. The molecule has 0 spiro atoms. The molecule has 2 heterocycles. The van der Waals surface area contributed by atoms with Crippen LogP contribution >= 0.6 is 0 Å². The number of aromatic hydroxyl groups is 4. The molecule has 4 N–H and O–H groups in total. The number of methoxy groups -OCH3 is 1. The van der Waals surface area contributed by atoms with Gasteiger partial charge in [0.2, 0.25) is 0 Å². The summed E-state index contributed by atoms with van der Waals surface area (Å²) in [6, 6.07) is 25.3. The van der Waals surface area contributed by atoms with Crippen LogP contribution in [0.25, 0.3) is 16.7 Å². The van der Waals surface area contributed by atoms with Gasteiger partial charge in [-0.1, -0.05) is 48.5 Å². The SMILES string of the molecule is COc1cccc2c1=Nc1c(O)c(-c3ccc(O)cc3)c3c(c1=2)=C(c1ccc(O)cc1)C(=O)N3CCc1ccc(O)cc1. The van der Waals surface area contributed by atoms with E-state index < -0.39 is 0 Å². The third-order valence-corrected chi connectivity index (χ3v) is 7.98. The predicted octanol–water partition coefficient (Wildman–Crippen LogP) is 4.52. The van der Waals surface area contributed by atoms with Crippen molar-refractivity contribution in [3.05, 3.63) is 123 Å². The van der Waals surface area contributed by atoms with E-state index in [-0.39, 0.29) is 35.4 Å². The lowest BCUT2D eigenvalue weighted by atomic mass is 9.95. The average Bonchev–Trinajstić information content (AvgIpc) is 3.54. The number of amides is 1. The summed E-state index contributed by atoms with van der Waals surface area (Å²) in [6.45, 7) is 0.281. The number of fused-ring (bicyclic) bond motifs is 4. The Balaban J connectivity index is 1.61. The Morgan fingerprint density at radius 1 is 0.744 bits per heavy atom. The molecule has 2 aliphatic heterocycles. The van der Waals surface area contributed by atoms with Crippen LogP contribution in [0.3, 0.4) is 0 Å². The van der Waals surface area contributed by atoms with Crippen molar-refractivity contribution in [3.63, 3.8) is 0 Å². The molecule has 0 saturated carbocycles. The van der Waals surface area contributed by atoms with Crippen LogP contribution in [-0.4, -0.2) is 40.0 Å².